The van der Waals surface area contributed by atoms with Crippen LogP contribution < -0.4 is 15.4 Å². The van der Waals surface area contributed by atoms with Crippen molar-refractivity contribution in [3.63, 3.8) is 0 Å². The van der Waals surface area contributed by atoms with E-state index in [1.54, 1.807) is 0 Å². The first kappa shape index (κ1) is 16.9. The lowest BCUT2D eigenvalue weighted by molar-refractivity contribution is -0.118. The van der Waals surface area contributed by atoms with Crippen LogP contribution in [0.15, 0.2) is 42.5 Å². The van der Waals surface area contributed by atoms with Gasteiger partial charge in [0.05, 0.1) is 11.8 Å². The van der Waals surface area contributed by atoms with E-state index >= 15 is 0 Å². The zero-order valence-corrected chi connectivity index (χ0v) is 14.3. The van der Waals surface area contributed by atoms with Gasteiger partial charge in [0.25, 0.3) is 5.91 Å². The van der Waals surface area contributed by atoms with Gasteiger partial charge in [-0.25, -0.2) is 0 Å². The van der Waals surface area contributed by atoms with E-state index in [-0.39, 0.29) is 24.3 Å². The molecule has 1 amide bonds. The van der Waals surface area contributed by atoms with Crippen molar-refractivity contribution in [1.29, 1.82) is 0 Å². The predicted molar refractivity (Wildman–Crippen MR) is 97.1 cm³/mol. The Balaban J connectivity index is 1.51. The van der Waals surface area contributed by atoms with E-state index in [1.165, 1.54) is 30.5 Å². The summed E-state index contributed by atoms with van der Waals surface area (Å²) in [6, 6.07) is 13.3. The third-order valence-electron chi connectivity index (χ3n) is 4.87. The summed E-state index contributed by atoms with van der Waals surface area (Å²) in [6.07, 6.45) is 1.49. The number of phenolic OH excluding ortho intramolecular Hbond substituents is 1. The average molecular weight is 354 g/mol. The number of aromatic hydroxyl groups is 1. The molecule has 1 heterocycles. The molecule has 0 spiro atoms. The van der Waals surface area contributed by atoms with E-state index in [1.807, 2.05) is 18.2 Å². The lowest BCUT2D eigenvalue weighted by Gasteiger charge is -2.25. The third kappa shape index (κ3) is 3.52. The summed E-state index contributed by atoms with van der Waals surface area (Å²) in [6.45, 7) is 0.225. The average Bonchev–Trinajstić information content (AvgIpc) is 3.46. The van der Waals surface area contributed by atoms with Crippen molar-refractivity contribution in [2.45, 2.75) is 25.0 Å². The number of aliphatic hydroxyl groups is 1. The van der Waals surface area contributed by atoms with Crippen LogP contribution in [0.1, 0.15) is 36.1 Å². The Labute approximate surface area is 151 Å². The molecule has 0 radical (unpaired) electrons. The maximum atomic E-state index is 11.5. The van der Waals surface area contributed by atoms with Crippen molar-refractivity contribution < 1.29 is 19.7 Å². The number of hydrogen-bond donors (Lipinski definition) is 4. The number of benzene rings is 2. The molecule has 2 aromatic carbocycles. The highest BCUT2D eigenvalue weighted by Crippen LogP contribution is 2.42. The molecule has 4 N–H and O–H groups in total. The summed E-state index contributed by atoms with van der Waals surface area (Å²) in [5, 5.41) is 26.7. The normalized spacial score (nSPS) is 18.4. The van der Waals surface area contributed by atoms with E-state index in [4.69, 9.17) is 4.74 Å². The summed E-state index contributed by atoms with van der Waals surface area (Å²) >= 11 is 0. The summed E-state index contributed by atoms with van der Waals surface area (Å²) < 4.78 is 5.48. The van der Waals surface area contributed by atoms with Crippen LogP contribution in [0.25, 0.3) is 0 Å². The highest BCUT2D eigenvalue weighted by atomic mass is 16.5. The molecule has 136 valence electrons. The van der Waals surface area contributed by atoms with Crippen LogP contribution in [0, 0.1) is 5.92 Å². The van der Waals surface area contributed by atoms with Gasteiger partial charge in [0.1, 0.15) is 11.5 Å². The van der Waals surface area contributed by atoms with Gasteiger partial charge in [0, 0.05) is 24.2 Å². The minimum absolute atomic E-state index is 0.0228. The number of fused-ring (bicyclic) bond motifs is 1. The number of ether oxygens (including phenoxy) is 1. The number of rotatable bonds is 6. The number of carbonyl (C=O) groups is 1. The van der Waals surface area contributed by atoms with Crippen LogP contribution in [0.3, 0.4) is 0 Å². The largest absolute Gasteiger partial charge is 0.508 e. The smallest absolute Gasteiger partial charge is 0.262 e. The molecule has 1 saturated carbocycles. The Hall–Kier alpha value is -2.57. The molecule has 6 nitrogen and oxygen atoms in total. The fraction of sp³-hybridized carbons (Fsp3) is 0.350. The highest BCUT2D eigenvalue weighted by Gasteiger charge is 2.33. The second-order valence-electron chi connectivity index (χ2n) is 6.90. The Morgan fingerprint density at radius 2 is 2.00 bits per heavy atom. The van der Waals surface area contributed by atoms with Crippen LogP contribution >= 0.6 is 0 Å². The maximum absolute atomic E-state index is 11.5. The number of anilines is 1. The summed E-state index contributed by atoms with van der Waals surface area (Å²) in [5.41, 5.74) is 2.07. The van der Waals surface area contributed by atoms with Crippen molar-refractivity contribution in [3.8, 4) is 11.5 Å². The Bertz CT molecular complexity index is 805. The molecule has 4 rings (SSSR count). The standard InChI is InChI=1S/C20H22N2O4/c23-14-8-15(20-16(9-14)22-18(25)11-26-20)17(24)10-21-19(13-6-7-13)12-4-2-1-3-5-12/h1-5,8-9,13,17,19,21,23-24H,6-7,10-11H2,(H,22,25). The molecule has 2 unspecified atom stereocenters. The number of phenols is 1. The van der Waals surface area contributed by atoms with Crippen LogP contribution in [0.4, 0.5) is 5.69 Å². The number of carbonyl (C=O) groups excluding carboxylic acids is 1. The van der Waals surface area contributed by atoms with E-state index in [0.717, 1.165) is 0 Å². The quantitative estimate of drug-likeness (QED) is 0.640. The fourth-order valence-corrected chi connectivity index (χ4v) is 3.46. The van der Waals surface area contributed by atoms with E-state index < -0.39 is 6.10 Å². The van der Waals surface area contributed by atoms with E-state index in [9.17, 15) is 15.0 Å². The van der Waals surface area contributed by atoms with Crippen LogP contribution in [0.2, 0.25) is 0 Å². The molecule has 6 heteroatoms. The molecule has 1 aliphatic heterocycles. The fourth-order valence-electron chi connectivity index (χ4n) is 3.46. The van der Waals surface area contributed by atoms with Crippen molar-refractivity contribution >= 4 is 11.6 Å². The van der Waals surface area contributed by atoms with Gasteiger partial charge in [0.15, 0.2) is 6.61 Å². The second-order valence-corrected chi connectivity index (χ2v) is 6.90. The molecule has 2 aliphatic rings. The van der Waals surface area contributed by atoms with Crippen LogP contribution in [0.5, 0.6) is 11.5 Å². The third-order valence-corrected chi connectivity index (χ3v) is 4.87. The summed E-state index contributed by atoms with van der Waals surface area (Å²) in [5.74, 6) is 0.697. The first-order valence-electron chi connectivity index (χ1n) is 8.88. The minimum Gasteiger partial charge on any atom is -0.508 e. The summed E-state index contributed by atoms with van der Waals surface area (Å²) in [4.78, 5) is 11.5. The monoisotopic (exact) mass is 354 g/mol. The van der Waals surface area contributed by atoms with E-state index in [0.29, 0.717) is 29.5 Å². The first-order valence-corrected chi connectivity index (χ1v) is 8.88. The van der Waals surface area contributed by atoms with Gasteiger partial charge < -0.3 is 25.6 Å². The highest BCUT2D eigenvalue weighted by molar-refractivity contribution is 5.96. The molecule has 2 aromatic rings. The van der Waals surface area contributed by atoms with Crippen molar-refractivity contribution in [2.75, 3.05) is 18.5 Å². The molecule has 0 bridgehead atoms. The van der Waals surface area contributed by atoms with E-state index in [2.05, 4.69) is 22.8 Å². The van der Waals surface area contributed by atoms with Crippen LogP contribution in [-0.4, -0.2) is 29.3 Å². The zero-order chi connectivity index (χ0) is 18.1. The zero-order valence-electron chi connectivity index (χ0n) is 14.3. The second kappa shape index (κ2) is 6.97. The summed E-state index contributed by atoms with van der Waals surface area (Å²) in [7, 11) is 0. The van der Waals surface area contributed by atoms with Gasteiger partial charge in [-0.05, 0) is 30.4 Å². The SMILES string of the molecule is O=C1COc2c(cc(O)cc2C(O)CNC(c2ccccc2)C2CC2)N1. The van der Waals surface area contributed by atoms with Gasteiger partial charge in [-0.3, -0.25) is 4.79 Å². The predicted octanol–water partition coefficient (Wildman–Crippen LogP) is 2.50. The van der Waals surface area contributed by atoms with Gasteiger partial charge >= 0.3 is 0 Å². The molecular formula is C20H22N2O4. The Kier molecular flexibility index (Phi) is 4.53. The van der Waals surface area contributed by atoms with Gasteiger partial charge in [-0.1, -0.05) is 30.3 Å². The topological polar surface area (TPSA) is 90.8 Å². The van der Waals surface area contributed by atoms with Crippen molar-refractivity contribution in [2.24, 2.45) is 5.92 Å². The van der Waals surface area contributed by atoms with Crippen molar-refractivity contribution in [1.82, 2.24) is 5.32 Å². The number of amides is 1. The van der Waals surface area contributed by atoms with Gasteiger partial charge in [-0.15, -0.1) is 0 Å². The molecule has 26 heavy (non-hydrogen) atoms. The van der Waals surface area contributed by atoms with Crippen LogP contribution in [-0.2, 0) is 4.79 Å². The Morgan fingerprint density at radius 3 is 2.73 bits per heavy atom. The lowest BCUT2D eigenvalue weighted by atomic mass is 10.0. The molecular weight excluding hydrogens is 332 g/mol. The van der Waals surface area contributed by atoms with Gasteiger partial charge in [-0.2, -0.15) is 0 Å². The number of nitrogens with one attached hydrogen (secondary N) is 2. The maximum Gasteiger partial charge on any atom is 0.262 e. The Morgan fingerprint density at radius 1 is 1.23 bits per heavy atom. The number of hydrogen-bond acceptors (Lipinski definition) is 5. The minimum atomic E-state index is -0.865. The molecule has 1 fully saturated rings. The lowest BCUT2D eigenvalue weighted by Crippen LogP contribution is -2.30. The van der Waals surface area contributed by atoms with Gasteiger partial charge in [0.2, 0.25) is 0 Å². The molecule has 0 aromatic heterocycles. The molecule has 1 aliphatic carbocycles. The molecule has 0 saturated heterocycles. The van der Waals surface area contributed by atoms with Crippen molar-refractivity contribution in [3.05, 3.63) is 53.6 Å². The molecule has 2 atom stereocenters. The number of aliphatic hydroxyl groups excluding tert-OH is 1. The first-order chi connectivity index (χ1) is 12.6.